The van der Waals surface area contributed by atoms with Crippen LogP contribution in [0.1, 0.15) is 34.0 Å². The molecule has 0 spiro atoms. The van der Waals surface area contributed by atoms with E-state index in [0.717, 1.165) is 11.1 Å². The molecule has 3 aromatic carbocycles. The maximum absolute atomic E-state index is 12.6. The average Bonchev–Trinajstić information content (AvgIpc) is 2.82. The summed E-state index contributed by atoms with van der Waals surface area (Å²) in [5, 5.41) is 6.53. The Hall–Kier alpha value is -4.26. The van der Waals surface area contributed by atoms with Crippen molar-refractivity contribution < 1.29 is 19.1 Å². The molecule has 2 N–H and O–H groups in total. The van der Waals surface area contributed by atoms with Crippen molar-refractivity contribution in [1.82, 2.24) is 10.7 Å². The minimum Gasteiger partial charge on any atom is -0.422 e. The summed E-state index contributed by atoms with van der Waals surface area (Å²) >= 11 is 0. The molecule has 32 heavy (non-hydrogen) atoms. The van der Waals surface area contributed by atoms with E-state index >= 15 is 0 Å². The third kappa shape index (κ3) is 5.89. The van der Waals surface area contributed by atoms with Gasteiger partial charge in [0, 0.05) is 12.1 Å². The SMILES string of the molecule is C/C(=N\NC(=O)C(=O)NCc1ccccc1)c1ccccc1OC(=O)c1ccccc1C. The summed E-state index contributed by atoms with van der Waals surface area (Å²) in [7, 11) is 0. The minimum atomic E-state index is -0.894. The Labute approximate surface area is 186 Å². The van der Waals surface area contributed by atoms with Crippen LogP contribution in [0.2, 0.25) is 0 Å². The summed E-state index contributed by atoms with van der Waals surface area (Å²) < 4.78 is 5.56. The normalized spacial score (nSPS) is 10.9. The number of carbonyl (C=O) groups excluding carboxylic acids is 3. The van der Waals surface area contributed by atoms with Crippen LogP contribution in [0.4, 0.5) is 0 Å². The van der Waals surface area contributed by atoms with Crippen LogP contribution in [0.5, 0.6) is 5.75 Å². The number of para-hydroxylation sites is 1. The summed E-state index contributed by atoms with van der Waals surface area (Å²) in [5.41, 5.74) is 5.26. The fourth-order valence-corrected chi connectivity index (χ4v) is 2.92. The highest BCUT2D eigenvalue weighted by atomic mass is 16.5. The molecule has 0 unspecified atom stereocenters. The highest BCUT2D eigenvalue weighted by Gasteiger charge is 2.16. The van der Waals surface area contributed by atoms with Crippen molar-refractivity contribution in [1.29, 1.82) is 0 Å². The zero-order valence-corrected chi connectivity index (χ0v) is 17.8. The molecule has 0 aliphatic heterocycles. The first-order valence-corrected chi connectivity index (χ1v) is 9.99. The number of hydrogen-bond acceptors (Lipinski definition) is 5. The number of hydrazone groups is 1. The first-order chi connectivity index (χ1) is 15.5. The van der Waals surface area contributed by atoms with Crippen molar-refractivity contribution in [3.8, 4) is 5.75 Å². The molecule has 3 aromatic rings. The Morgan fingerprint density at radius 3 is 2.16 bits per heavy atom. The molecule has 0 aliphatic carbocycles. The number of aryl methyl sites for hydroxylation is 1. The van der Waals surface area contributed by atoms with E-state index in [4.69, 9.17) is 4.74 Å². The van der Waals surface area contributed by atoms with Crippen LogP contribution in [0.25, 0.3) is 0 Å². The molecular weight excluding hydrogens is 406 g/mol. The van der Waals surface area contributed by atoms with Crippen molar-refractivity contribution in [2.75, 3.05) is 0 Å². The zero-order valence-electron chi connectivity index (χ0n) is 17.8. The maximum atomic E-state index is 12.6. The standard InChI is InChI=1S/C25H23N3O4/c1-17-10-6-7-13-20(17)25(31)32-22-15-9-8-14-21(22)18(2)27-28-24(30)23(29)26-16-19-11-4-3-5-12-19/h3-15H,16H2,1-2H3,(H,26,29)(H,28,30)/b27-18+. The highest BCUT2D eigenvalue weighted by Crippen LogP contribution is 2.21. The second kappa shape index (κ2) is 10.7. The van der Waals surface area contributed by atoms with Gasteiger partial charge < -0.3 is 10.1 Å². The Kier molecular flexibility index (Phi) is 7.48. The second-order valence-corrected chi connectivity index (χ2v) is 7.01. The van der Waals surface area contributed by atoms with E-state index in [-0.39, 0.29) is 6.54 Å². The third-order valence-corrected chi connectivity index (χ3v) is 4.67. The lowest BCUT2D eigenvalue weighted by Crippen LogP contribution is -2.37. The monoisotopic (exact) mass is 429 g/mol. The number of ether oxygens (including phenoxy) is 1. The van der Waals surface area contributed by atoms with Crippen LogP contribution in [0, 0.1) is 6.92 Å². The molecule has 0 aromatic heterocycles. The van der Waals surface area contributed by atoms with Crippen molar-refractivity contribution in [2.45, 2.75) is 20.4 Å². The molecule has 0 fully saturated rings. The molecule has 0 heterocycles. The first-order valence-electron chi connectivity index (χ1n) is 9.99. The molecule has 7 heteroatoms. The molecule has 0 bridgehead atoms. The Morgan fingerprint density at radius 1 is 0.812 bits per heavy atom. The molecule has 162 valence electrons. The van der Waals surface area contributed by atoms with Crippen LogP contribution in [-0.4, -0.2) is 23.5 Å². The van der Waals surface area contributed by atoms with E-state index in [1.165, 1.54) is 0 Å². The van der Waals surface area contributed by atoms with Gasteiger partial charge in [0.1, 0.15) is 5.75 Å². The van der Waals surface area contributed by atoms with E-state index < -0.39 is 17.8 Å². The van der Waals surface area contributed by atoms with Gasteiger partial charge in [0.15, 0.2) is 0 Å². The molecule has 3 rings (SSSR count). The van der Waals surface area contributed by atoms with Gasteiger partial charge in [0.2, 0.25) is 0 Å². The van der Waals surface area contributed by atoms with Crippen LogP contribution in [0.3, 0.4) is 0 Å². The van der Waals surface area contributed by atoms with Gasteiger partial charge in [0.05, 0.1) is 11.3 Å². The fourth-order valence-electron chi connectivity index (χ4n) is 2.92. The number of nitrogens with one attached hydrogen (secondary N) is 2. The highest BCUT2D eigenvalue weighted by molar-refractivity contribution is 6.35. The topological polar surface area (TPSA) is 96.9 Å². The maximum Gasteiger partial charge on any atom is 0.343 e. The number of nitrogens with zero attached hydrogens (tertiary/aromatic N) is 1. The quantitative estimate of drug-likeness (QED) is 0.206. The van der Waals surface area contributed by atoms with Gasteiger partial charge in [-0.3, -0.25) is 9.59 Å². The predicted octanol–water partition coefficient (Wildman–Crippen LogP) is 3.37. The lowest BCUT2D eigenvalue weighted by molar-refractivity contribution is -0.139. The summed E-state index contributed by atoms with van der Waals surface area (Å²) in [4.78, 5) is 36.6. The van der Waals surface area contributed by atoms with Crippen LogP contribution in [-0.2, 0) is 16.1 Å². The Morgan fingerprint density at radius 2 is 1.44 bits per heavy atom. The van der Waals surface area contributed by atoms with Gasteiger partial charge >= 0.3 is 17.8 Å². The number of carbonyl (C=O) groups is 3. The lowest BCUT2D eigenvalue weighted by atomic mass is 10.1. The van der Waals surface area contributed by atoms with E-state index in [9.17, 15) is 14.4 Å². The van der Waals surface area contributed by atoms with E-state index in [2.05, 4.69) is 15.8 Å². The molecule has 0 saturated heterocycles. The number of benzene rings is 3. The van der Waals surface area contributed by atoms with Crippen molar-refractivity contribution in [3.05, 3.63) is 101 Å². The van der Waals surface area contributed by atoms with Gasteiger partial charge in [-0.25, -0.2) is 10.2 Å². The Bertz CT molecular complexity index is 1160. The van der Waals surface area contributed by atoms with E-state index in [0.29, 0.717) is 22.6 Å². The van der Waals surface area contributed by atoms with Gasteiger partial charge in [-0.2, -0.15) is 5.10 Å². The second-order valence-electron chi connectivity index (χ2n) is 7.01. The Balaban J connectivity index is 1.65. The molecule has 0 saturated carbocycles. The van der Waals surface area contributed by atoms with E-state index in [1.54, 1.807) is 43.3 Å². The molecule has 2 amide bonds. The summed E-state index contributed by atoms with van der Waals surface area (Å²) in [6, 6.07) is 23.2. The fraction of sp³-hybridized carbons (Fsp3) is 0.120. The van der Waals surface area contributed by atoms with Crippen molar-refractivity contribution in [2.24, 2.45) is 5.10 Å². The van der Waals surface area contributed by atoms with Gasteiger partial charge in [-0.05, 0) is 43.2 Å². The van der Waals surface area contributed by atoms with Crippen LogP contribution in [0.15, 0.2) is 84.0 Å². The smallest absolute Gasteiger partial charge is 0.343 e. The minimum absolute atomic E-state index is 0.230. The summed E-state index contributed by atoms with van der Waals surface area (Å²) in [6.45, 7) is 3.70. The van der Waals surface area contributed by atoms with E-state index in [1.807, 2.05) is 49.4 Å². The molecule has 0 atom stereocenters. The van der Waals surface area contributed by atoms with Gasteiger partial charge in [-0.15, -0.1) is 0 Å². The zero-order chi connectivity index (χ0) is 22.9. The number of rotatable bonds is 6. The molecule has 0 radical (unpaired) electrons. The average molecular weight is 429 g/mol. The number of esters is 1. The molecule has 0 aliphatic rings. The molecule has 7 nitrogen and oxygen atoms in total. The van der Waals surface area contributed by atoms with Crippen molar-refractivity contribution >= 4 is 23.5 Å². The summed E-state index contributed by atoms with van der Waals surface area (Å²) in [5.74, 6) is -1.89. The molecular formula is C25H23N3O4. The number of hydrogen-bond donors (Lipinski definition) is 2. The lowest BCUT2D eigenvalue weighted by Gasteiger charge is -2.11. The largest absolute Gasteiger partial charge is 0.422 e. The van der Waals surface area contributed by atoms with Crippen molar-refractivity contribution in [3.63, 3.8) is 0 Å². The first kappa shape index (κ1) is 22.4. The van der Waals surface area contributed by atoms with Gasteiger partial charge in [-0.1, -0.05) is 60.7 Å². The summed E-state index contributed by atoms with van der Waals surface area (Å²) in [6.07, 6.45) is 0. The van der Waals surface area contributed by atoms with Crippen LogP contribution >= 0.6 is 0 Å². The van der Waals surface area contributed by atoms with Gasteiger partial charge in [0.25, 0.3) is 0 Å². The number of amides is 2. The predicted molar refractivity (Wildman–Crippen MR) is 121 cm³/mol. The third-order valence-electron chi connectivity index (χ3n) is 4.67. The van der Waals surface area contributed by atoms with Crippen LogP contribution < -0.4 is 15.5 Å².